The van der Waals surface area contributed by atoms with Crippen molar-refractivity contribution >= 4 is 28.7 Å². The maximum absolute atomic E-state index is 12.6. The largest absolute Gasteiger partial charge is 0.341 e. The van der Waals surface area contributed by atoms with Crippen molar-refractivity contribution in [2.75, 3.05) is 19.3 Å². The molecule has 24 heavy (non-hydrogen) atoms. The van der Waals surface area contributed by atoms with Crippen LogP contribution in [0.25, 0.3) is 11.0 Å². The van der Waals surface area contributed by atoms with E-state index in [1.165, 1.54) is 5.52 Å². The van der Waals surface area contributed by atoms with E-state index in [1.54, 1.807) is 11.8 Å². The Balaban J connectivity index is 1.92. The molecule has 3 rings (SSSR count). The van der Waals surface area contributed by atoms with Crippen LogP contribution >= 0.6 is 11.8 Å². The van der Waals surface area contributed by atoms with Crippen molar-refractivity contribution in [2.24, 2.45) is 0 Å². The fourth-order valence-electron chi connectivity index (χ4n) is 3.64. The number of hydrogen-bond acceptors (Lipinski definition) is 3. The van der Waals surface area contributed by atoms with Gasteiger partial charge in [-0.15, -0.1) is 0 Å². The number of fused-ring (bicyclic) bond motifs is 1. The molecule has 2 heterocycles. The van der Waals surface area contributed by atoms with E-state index in [-0.39, 0.29) is 11.2 Å². The number of carbonyl (C=O) groups is 1. The molecule has 2 aromatic rings. The van der Waals surface area contributed by atoms with E-state index in [1.807, 2.05) is 24.1 Å². The first-order valence-electron chi connectivity index (χ1n) is 8.81. The number of benzene rings is 1. The monoisotopic (exact) mass is 345 g/mol. The number of rotatable bonds is 4. The molecule has 1 saturated heterocycles. The van der Waals surface area contributed by atoms with Gasteiger partial charge in [0.2, 0.25) is 5.91 Å². The summed E-state index contributed by atoms with van der Waals surface area (Å²) >= 11 is 1.62. The van der Waals surface area contributed by atoms with E-state index in [0.717, 1.165) is 37.3 Å². The number of aromatic nitrogens is 2. The Morgan fingerprint density at radius 3 is 2.75 bits per heavy atom. The topological polar surface area (TPSA) is 38.1 Å². The van der Waals surface area contributed by atoms with Crippen molar-refractivity contribution in [3.05, 3.63) is 30.1 Å². The average molecular weight is 346 g/mol. The van der Waals surface area contributed by atoms with E-state index < -0.39 is 0 Å². The van der Waals surface area contributed by atoms with Crippen molar-refractivity contribution in [1.82, 2.24) is 14.5 Å². The van der Waals surface area contributed by atoms with Gasteiger partial charge in [0.1, 0.15) is 5.82 Å². The SMILES string of the molecule is CS[C@H](C)C(=O)N1CCC[C@H](c2nc3ccccc3n2C(C)C)C1. The van der Waals surface area contributed by atoms with Gasteiger partial charge in [-0.05, 0) is 52.0 Å². The highest BCUT2D eigenvalue weighted by Gasteiger charge is 2.30. The molecule has 1 aliphatic rings. The van der Waals surface area contributed by atoms with Crippen LogP contribution in [0.2, 0.25) is 0 Å². The van der Waals surface area contributed by atoms with E-state index in [4.69, 9.17) is 4.98 Å². The third-order valence-corrected chi connectivity index (χ3v) is 5.85. The molecule has 5 heteroatoms. The van der Waals surface area contributed by atoms with Crippen LogP contribution in [0.5, 0.6) is 0 Å². The summed E-state index contributed by atoms with van der Waals surface area (Å²) in [6.07, 6.45) is 4.16. The van der Waals surface area contributed by atoms with E-state index in [9.17, 15) is 4.79 Å². The maximum atomic E-state index is 12.6. The molecule has 0 N–H and O–H groups in total. The second kappa shape index (κ2) is 7.18. The van der Waals surface area contributed by atoms with Crippen LogP contribution in [-0.4, -0.2) is 45.0 Å². The first-order chi connectivity index (χ1) is 11.5. The molecule has 130 valence electrons. The molecule has 1 fully saturated rings. The number of nitrogens with zero attached hydrogens (tertiary/aromatic N) is 3. The number of carbonyl (C=O) groups excluding carboxylic acids is 1. The fraction of sp³-hybridized carbons (Fsp3) is 0.579. The summed E-state index contributed by atoms with van der Waals surface area (Å²) in [6, 6.07) is 8.71. The molecule has 0 saturated carbocycles. The number of piperidine rings is 1. The van der Waals surface area contributed by atoms with Gasteiger partial charge in [-0.1, -0.05) is 12.1 Å². The summed E-state index contributed by atoms with van der Waals surface area (Å²) in [6.45, 7) is 8.08. The van der Waals surface area contributed by atoms with Gasteiger partial charge in [0, 0.05) is 25.0 Å². The number of imidazole rings is 1. The first-order valence-corrected chi connectivity index (χ1v) is 10.1. The molecule has 0 radical (unpaired) electrons. The van der Waals surface area contributed by atoms with Crippen molar-refractivity contribution < 1.29 is 4.79 Å². The molecule has 0 aliphatic carbocycles. The molecule has 4 nitrogen and oxygen atoms in total. The molecule has 0 spiro atoms. The van der Waals surface area contributed by atoms with Gasteiger partial charge >= 0.3 is 0 Å². The van der Waals surface area contributed by atoms with Crippen LogP contribution in [0.15, 0.2) is 24.3 Å². The standard InChI is InChI=1S/C19H27N3OS/c1-13(2)22-17-10-6-5-9-16(17)20-18(22)15-8-7-11-21(12-15)19(23)14(3)24-4/h5-6,9-10,13-15H,7-8,11-12H2,1-4H3/t14-,15+/m1/s1. The predicted molar refractivity (Wildman–Crippen MR) is 102 cm³/mol. The zero-order valence-corrected chi connectivity index (χ0v) is 15.8. The molecular weight excluding hydrogens is 318 g/mol. The van der Waals surface area contributed by atoms with Crippen LogP contribution in [0, 0.1) is 0 Å². The minimum atomic E-state index is 0.0349. The number of thioether (sulfide) groups is 1. The lowest BCUT2D eigenvalue weighted by molar-refractivity contribution is -0.131. The van der Waals surface area contributed by atoms with Crippen molar-refractivity contribution in [3.63, 3.8) is 0 Å². The van der Waals surface area contributed by atoms with Crippen molar-refractivity contribution in [1.29, 1.82) is 0 Å². The lowest BCUT2D eigenvalue weighted by atomic mass is 9.96. The quantitative estimate of drug-likeness (QED) is 0.838. The van der Waals surface area contributed by atoms with Gasteiger partial charge in [0.05, 0.1) is 16.3 Å². The van der Waals surface area contributed by atoms with Crippen LogP contribution in [0.3, 0.4) is 0 Å². The van der Waals surface area contributed by atoms with Crippen LogP contribution in [0.1, 0.15) is 51.4 Å². The van der Waals surface area contributed by atoms with Gasteiger partial charge in [-0.2, -0.15) is 11.8 Å². The Morgan fingerprint density at radius 2 is 2.04 bits per heavy atom. The summed E-state index contributed by atoms with van der Waals surface area (Å²) in [4.78, 5) is 19.6. The fourth-order valence-corrected chi connectivity index (χ4v) is 3.99. The number of hydrogen-bond donors (Lipinski definition) is 0. The minimum Gasteiger partial charge on any atom is -0.341 e. The number of likely N-dealkylation sites (tertiary alicyclic amines) is 1. The Hall–Kier alpha value is -1.49. The number of para-hydroxylation sites is 2. The lowest BCUT2D eigenvalue weighted by Crippen LogP contribution is -2.43. The van der Waals surface area contributed by atoms with E-state index in [0.29, 0.717) is 12.0 Å². The lowest BCUT2D eigenvalue weighted by Gasteiger charge is -2.34. The third-order valence-electron chi connectivity index (χ3n) is 4.94. The van der Waals surface area contributed by atoms with Crippen molar-refractivity contribution in [3.8, 4) is 0 Å². The molecule has 0 unspecified atom stereocenters. The molecule has 1 aromatic heterocycles. The Morgan fingerprint density at radius 1 is 1.29 bits per heavy atom. The van der Waals surface area contributed by atoms with Crippen LogP contribution in [-0.2, 0) is 4.79 Å². The summed E-state index contributed by atoms with van der Waals surface area (Å²) < 4.78 is 2.35. The normalized spacial score (nSPS) is 19.9. The molecule has 1 aliphatic heterocycles. The molecular formula is C19H27N3OS. The molecule has 0 bridgehead atoms. The Labute approximate surface area is 148 Å². The summed E-state index contributed by atoms with van der Waals surface area (Å²) in [5.74, 6) is 1.73. The second-order valence-electron chi connectivity index (χ2n) is 6.92. The summed E-state index contributed by atoms with van der Waals surface area (Å²) in [5, 5.41) is 0.0349. The van der Waals surface area contributed by atoms with Gasteiger partial charge < -0.3 is 9.47 Å². The molecule has 2 atom stereocenters. The minimum absolute atomic E-state index is 0.0349. The van der Waals surface area contributed by atoms with Gasteiger partial charge in [-0.3, -0.25) is 4.79 Å². The Kier molecular flexibility index (Phi) is 5.18. The summed E-state index contributed by atoms with van der Waals surface area (Å²) in [5.41, 5.74) is 2.26. The zero-order chi connectivity index (χ0) is 17.3. The highest BCUT2D eigenvalue weighted by Crippen LogP contribution is 2.32. The molecule has 1 aromatic carbocycles. The highest BCUT2D eigenvalue weighted by atomic mass is 32.2. The van der Waals surface area contributed by atoms with E-state index >= 15 is 0 Å². The average Bonchev–Trinajstić information content (AvgIpc) is 3.00. The van der Waals surface area contributed by atoms with Crippen LogP contribution in [0.4, 0.5) is 0 Å². The second-order valence-corrected chi connectivity index (χ2v) is 8.10. The van der Waals surface area contributed by atoms with E-state index in [2.05, 4.69) is 36.6 Å². The van der Waals surface area contributed by atoms with Gasteiger partial charge in [-0.25, -0.2) is 4.98 Å². The summed E-state index contributed by atoms with van der Waals surface area (Å²) in [7, 11) is 0. The third kappa shape index (κ3) is 3.18. The predicted octanol–water partition coefficient (Wildman–Crippen LogP) is 4.07. The highest BCUT2D eigenvalue weighted by molar-refractivity contribution is 7.99. The van der Waals surface area contributed by atoms with Gasteiger partial charge in [0.15, 0.2) is 0 Å². The zero-order valence-electron chi connectivity index (χ0n) is 15.0. The first kappa shape index (κ1) is 17.3. The number of amides is 1. The maximum Gasteiger partial charge on any atom is 0.235 e. The van der Waals surface area contributed by atoms with Crippen LogP contribution < -0.4 is 0 Å². The van der Waals surface area contributed by atoms with Gasteiger partial charge in [0.25, 0.3) is 0 Å². The smallest absolute Gasteiger partial charge is 0.235 e. The van der Waals surface area contributed by atoms with Crippen molar-refractivity contribution in [2.45, 2.75) is 50.8 Å². The Bertz CT molecular complexity index is 724. The molecule has 1 amide bonds.